The lowest BCUT2D eigenvalue weighted by atomic mass is 9.80. The highest BCUT2D eigenvalue weighted by Gasteiger charge is 2.44. The maximum atomic E-state index is 15.6. The van der Waals surface area contributed by atoms with E-state index in [1.807, 2.05) is 0 Å². The lowest BCUT2D eigenvalue weighted by Gasteiger charge is -2.35. The molecule has 23 N–H and O–H groups in total. The van der Waals surface area contributed by atoms with Gasteiger partial charge < -0.3 is 101 Å². The van der Waals surface area contributed by atoms with Gasteiger partial charge in [-0.15, -0.1) is 5.10 Å². The zero-order valence-corrected chi connectivity index (χ0v) is 73.6. The summed E-state index contributed by atoms with van der Waals surface area (Å²) in [5.41, 5.74) is 14.7. The number of aliphatic hydroxyl groups is 2. The maximum absolute atomic E-state index is 15.6. The fourth-order valence-corrected chi connectivity index (χ4v) is 14.7. The molecule has 41 heteroatoms. The summed E-state index contributed by atoms with van der Waals surface area (Å²) in [6.07, 6.45) is 1.64. The van der Waals surface area contributed by atoms with Gasteiger partial charge in [0.25, 0.3) is 0 Å². The first-order valence-electron chi connectivity index (χ1n) is 43.1. The number of Topliss-reactive ketones (excluding diaryl/α,β-unsaturated/α-hetero) is 2. The summed E-state index contributed by atoms with van der Waals surface area (Å²) in [7, 11) is 0. The minimum atomic E-state index is -2.10. The lowest BCUT2D eigenvalue weighted by Crippen LogP contribution is -2.65. The molecule has 0 spiro atoms. The maximum Gasteiger partial charge on any atom is 0.303 e. The highest BCUT2D eigenvalue weighted by atomic mass is 16.4. The van der Waals surface area contributed by atoms with Crippen molar-refractivity contribution in [1.82, 2.24) is 94.6 Å². The number of carbonyl (C=O) groups excluding carboxylic acids is 16. The number of amides is 14. The van der Waals surface area contributed by atoms with E-state index >= 15 is 28.8 Å². The molecule has 3 heterocycles. The number of aliphatic carboxylic acids is 1. The third kappa shape index (κ3) is 31.7. The summed E-state index contributed by atoms with van der Waals surface area (Å²) >= 11 is 0. The number of aromatic amines is 1. The molecule has 2 aromatic heterocycles. The summed E-state index contributed by atoms with van der Waals surface area (Å²) in [4.78, 5) is 243. The van der Waals surface area contributed by atoms with E-state index in [0.29, 0.717) is 65.4 Å². The molecule has 2 aliphatic rings. The van der Waals surface area contributed by atoms with Crippen molar-refractivity contribution in [2.45, 2.75) is 287 Å². The molecule has 1 saturated carbocycles. The SMILES string of the molecule is CC(=O)N[C@@H](CC(C)C)C(=O)N[C@H](C(=O)N[C@@H](Cc1ccccc1)C(=O)N[C@]1(C)CCCCCCn2cc(nn2)CCC[C@@](C)(C(=O)NC(CO)C(=O)N[C@@H](C)C(=O)NC(C)C(N)=O)NC(=O)[C@H](CC2CCC2)NN[C@@H](CCC(N)=O)C(=O)C(=O)C(C)NC(=O)[C@H](Cc2c[nH]c3ccccc23)NC(=O)C(Cc2ccc(O)cc2)NC(=O)[C@H](CCC(=O)O)NC1=O)[C@@H](C)O. The molecular formula is C87H124N20O21. The van der Waals surface area contributed by atoms with Crippen LogP contribution in [0.3, 0.4) is 0 Å². The van der Waals surface area contributed by atoms with Gasteiger partial charge in [-0.2, -0.15) is 0 Å². The zero-order chi connectivity index (χ0) is 94.3. The Bertz CT molecular complexity index is 4730. The number of aromatic hydroxyl groups is 1. The molecule has 4 unspecified atom stereocenters. The van der Waals surface area contributed by atoms with Gasteiger partial charge in [-0.25, -0.2) is 10.9 Å². The number of aromatic nitrogens is 4. The van der Waals surface area contributed by atoms with Crippen LogP contribution in [0.4, 0.5) is 0 Å². The highest BCUT2D eigenvalue weighted by Crippen LogP contribution is 2.31. The molecule has 1 aliphatic carbocycles. The second-order valence-electron chi connectivity index (χ2n) is 34.0. The van der Waals surface area contributed by atoms with Crippen LogP contribution in [-0.2, 0) is 114 Å². The number of hydrogen-bond acceptors (Lipinski definition) is 24. The molecule has 3 aromatic carbocycles. The Labute approximate surface area is 740 Å². The van der Waals surface area contributed by atoms with E-state index in [-0.39, 0.29) is 81.9 Å². The minimum absolute atomic E-state index is 0.0654. The zero-order valence-electron chi connectivity index (χ0n) is 73.6. The number of rotatable bonds is 32. The highest BCUT2D eigenvalue weighted by molar-refractivity contribution is 6.41. The Kier molecular flexibility index (Phi) is 39.1. The van der Waals surface area contributed by atoms with Crippen molar-refractivity contribution in [1.29, 1.82) is 0 Å². The normalized spacial score (nSPS) is 22.5. The van der Waals surface area contributed by atoms with Gasteiger partial charge in [-0.1, -0.05) is 118 Å². The van der Waals surface area contributed by atoms with Crippen LogP contribution >= 0.6 is 0 Å². The molecular weight excluding hydrogens is 1660 g/mol. The lowest BCUT2D eigenvalue weighted by molar-refractivity contribution is -0.141. The Balaban J connectivity index is 1.30. The number of phenols is 1. The largest absolute Gasteiger partial charge is 0.508 e. The van der Waals surface area contributed by atoms with Crippen LogP contribution < -0.4 is 86.1 Å². The first-order valence-corrected chi connectivity index (χ1v) is 43.1. The number of nitrogens with one attached hydrogen (secondary N) is 15. The van der Waals surface area contributed by atoms with Crippen LogP contribution in [0, 0.1) is 11.8 Å². The van der Waals surface area contributed by atoms with Crippen molar-refractivity contribution in [3.8, 4) is 5.75 Å². The molecule has 15 atom stereocenters. The quantitative estimate of drug-likeness (QED) is 0.0215. The number of aliphatic hydroxyl groups excluding tert-OH is 2. The Morgan fingerprint density at radius 2 is 1.23 bits per heavy atom. The average Bonchev–Trinajstić information content (AvgIpc) is 1.48. The smallest absolute Gasteiger partial charge is 0.303 e. The number of carboxylic acid groups (broad SMARTS) is 1. The van der Waals surface area contributed by atoms with E-state index in [1.54, 1.807) is 85.5 Å². The van der Waals surface area contributed by atoms with Crippen molar-refractivity contribution >= 4 is 111 Å². The Hall–Kier alpha value is -12.6. The van der Waals surface area contributed by atoms with Gasteiger partial charge in [-0.05, 0) is 146 Å². The van der Waals surface area contributed by atoms with Gasteiger partial charge in [0.15, 0.2) is 0 Å². The van der Waals surface area contributed by atoms with Crippen molar-refractivity contribution in [3.63, 3.8) is 0 Å². The Morgan fingerprint density at radius 3 is 1.86 bits per heavy atom. The number of hydrazine groups is 1. The van der Waals surface area contributed by atoms with E-state index in [1.165, 1.54) is 72.7 Å². The molecule has 14 amide bonds. The van der Waals surface area contributed by atoms with Gasteiger partial charge in [0.1, 0.15) is 77.2 Å². The third-order valence-corrected chi connectivity index (χ3v) is 22.6. The molecule has 5 aromatic rings. The molecule has 1 fully saturated rings. The summed E-state index contributed by atoms with van der Waals surface area (Å²) < 4.78 is 1.55. The van der Waals surface area contributed by atoms with Crippen LogP contribution in [0.1, 0.15) is 187 Å². The number of H-pyrrole nitrogens is 1. The second kappa shape index (κ2) is 48.9. The molecule has 0 saturated heterocycles. The topological polar surface area (TPSA) is 638 Å². The number of ketones is 2. The number of nitrogens with zero attached hydrogens (tertiary/aromatic N) is 3. The van der Waals surface area contributed by atoms with E-state index < -0.39 is 229 Å². The fourth-order valence-electron chi connectivity index (χ4n) is 14.7. The van der Waals surface area contributed by atoms with Gasteiger partial charge in [0.2, 0.25) is 94.3 Å². The number of benzene rings is 3. The average molecular weight is 1790 g/mol. The first kappa shape index (κ1) is 102. The fraction of sp³-hybridized carbons (Fsp3) is 0.552. The van der Waals surface area contributed by atoms with Crippen LogP contribution in [0.5, 0.6) is 5.75 Å². The number of aryl methyl sites for hydroxylation is 2. The molecule has 128 heavy (non-hydrogen) atoms. The number of nitrogens with two attached hydrogens (primary N) is 2. The summed E-state index contributed by atoms with van der Waals surface area (Å²) in [6.45, 7) is 11.7. The van der Waals surface area contributed by atoms with Crippen LogP contribution in [0.15, 0.2) is 91.3 Å². The molecule has 41 nitrogen and oxygen atoms in total. The number of primary amides is 2. The summed E-state index contributed by atoms with van der Waals surface area (Å²) in [5.74, 6) is -17.6. The number of carbonyl (C=O) groups is 17. The Morgan fingerprint density at radius 1 is 0.602 bits per heavy atom. The predicted molar refractivity (Wildman–Crippen MR) is 464 cm³/mol. The van der Waals surface area contributed by atoms with E-state index in [4.69, 9.17) is 11.5 Å². The number of para-hydroxylation sites is 1. The molecule has 7 rings (SSSR count). The van der Waals surface area contributed by atoms with E-state index in [0.717, 1.165) is 6.42 Å². The van der Waals surface area contributed by atoms with Crippen molar-refractivity contribution in [3.05, 3.63) is 114 Å². The summed E-state index contributed by atoms with van der Waals surface area (Å²) in [5, 5.41) is 82.6. The second-order valence-corrected chi connectivity index (χ2v) is 34.0. The minimum Gasteiger partial charge on any atom is -0.508 e. The first-order chi connectivity index (χ1) is 60.5. The van der Waals surface area contributed by atoms with Crippen LogP contribution in [0.2, 0.25) is 0 Å². The number of carboxylic acids is 1. The van der Waals surface area contributed by atoms with Crippen molar-refractivity contribution in [2.75, 3.05) is 6.61 Å². The third-order valence-electron chi connectivity index (χ3n) is 22.6. The predicted octanol–water partition coefficient (Wildman–Crippen LogP) is -1.65. The standard InChI is InChI=1S/C87H124N20O21/c1-47(2)39-63(94-52(7)110)79(122)100-71(51(6)109)83(126)97-65(40-53-21-13-12-14-22-53)81(124)101-86(8)36-17-10-11-18-38-107-45-57(103-106-107)25-20-37-87(9,85(128)99-68(46-108)80(123)93-50(5)75(118)92-49(4)74(89)117)102-82(125)67(42-54-23-19-24-54)105-104-61(32-34-69(88)112)73(116)72(115)48(3)91-77(120)66(43-56-44-90-60-27-16-15-26-59(56)60)96-78(121)64(41-55-28-30-58(111)31-29-55)95-76(119)62(98-84(86)127)33-35-70(113)114/h12-16,21-22,26-31,44-45,47-51,54,61-68,71,90,104-105,108-109,111H,10-11,17-20,23-25,32-43,46H2,1-9H3,(H2,88,112)(H2,89,117)(H,91,120)(H,92,118)(H,93,123)(H,94,110)(H,95,119)(H,96,121)(H,97,126)(H,98,127)(H,99,128)(H,100,122)(H,101,124)(H,102,125)(H,113,114)/t48?,49?,50-,51+,61-,62-,63-,64?,65-,66-,67-,68?,71-,86+,87-/m0/s1. The van der Waals surface area contributed by atoms with Gasteiger partial charge >= 0.3 is 5.97 Å². The number of hydrogen-bond donors (Lipinski definition) is 21. The molecule has 0 radical (unpaired) electrons. The van der Waals surface area contributed by atoms with Crippen LogP contribution in [0.25, 0.3) is 10.9 Å². The van der Waals surface area contributed by atoms with Gasteiger partial charge in [-0.3, -0.25) is 86.2 Å². The summed E-state index contributed by atoms with van der Waals surface area (Å²) in [6, 6.07) is 1.92. The molecule has 1 aliphatic heterocycles. The number of fused-ring (bicyclic) bond motifs is 3. The molecule has 2 bridgehead atoms. The van der Waals surface area contributed by atoms with Crippen molar-refractivity contribution in [2.24, 2.45) is 23.3 Å². The van der Waals surface area contributed by atoms with E-state index in [9.17, 15) is 73.2 Å². The van der Waals surface area contributed by atoms with E-state index in [2.05, 4.69) is 89.9 Å². The van der Waals surface area contributed by atoms with Crippen LogP contribution in [-0.4, -0.2) is 237 Å². The van der Waals surface area contributed by atoms with Crippen molar-refractivity contribution < 1.29 is 102 Å². The van der Waals surface area contributed by atoms with Gasteiger partial charge in [0.05, 0.1) is 30.5 Å². The monoisotopic (exact) mass is 1780 g/mol. The molecule has 698 valence electrons. The van der Waals surface area contributed by atoms with Gasteiger partial charge in [0, 0.05) is 68.9 Å². The number of phenolic OH excluding ortho intramolecular Hbond substituents is 1.